The van der Waals surface area contributed by atoms with Crippen molar-refractivity contribution in [2.45, 2.75) is 6.92 Å². The minimum atomic E-state index is -0.464. The number of pyridine rings is 1. The van der Waals surface area contributed by atoms with Gasteiger partial charge in [0.25, 0.3) is 5.91 Å². The van der Waals surface area contributed by atoms with E-state index in [0.717, 1.165) is 11.2 Å². The lowest BCUT2D eigenvalue weighted by molar-refractivity contribution is 0.0993. The van der Waals surface area contributed by atoms with Crippen LogP contribution in [0.2, 0.25) is 0 Å². The molecular weight excluding hydrogens is 166 g/mol. The van der Waals surface area contributed by atoms with Crippen molar-refractivity contribution in [3.8, 4) is 0 Å². The van der Waals surface area contributed by atoms with Gasteiger partial charge in [0, 0.05) is 0 Å². The van der Waals surface area contributed by atoms with Crippen LogP contribution in [-0.4, -0.2) is 15.5 Å². The van der Waals surface area contributed by atoms with Crippen molar-refractivity contribution in [2.75, 3.05) is 0 Å². The van der Waals surface area contributed by atoms with Crippen LogP contribution in [0.4, 0.5) is 0 Å². The summed E-state index contributed by atoms with van der Waals surface area (Å²) in [6.45, 7) is 1.87. The van der Waals surface area contributed by atoms with Crippen LogP contribution in [0.3, 0.4) is 0 Å². The summed E-state index contributed by atoms with van der Waals surface area (Å²) in [5.74, 6) is -0.464. The van der Waals surface area contributed by atoms with Crippen molar-refractivity contribution < 1.29 is 4.79 Å². The van der Waals surface area contributed by atoms with Crippen molar-refractivity contribution in [3.63, 3.8) is 0 Å². The molecule has 0 bridgehead atoms. The van der Waals surface area contributed by atoms with Gasteiger partial charge in [-0.25, -0.2) is 4.52 Å². The molecule has 4 nitrogen and oxygen atoms in total. The number of aromatic nitrogens is 2. The third-order valence-electron chi connectivity index (χ3n) is 1.86. The number of nitrogens with two attached hydrogens (primary N) is 1. The summed E-state index contributed by atoms with van der Waals surface area (Å²) in [6, 6.07) is 7.22. The minimum absolute atomic E-state index is 0.408. The molecule has 2 N–H and O–H groups in total. The Labute approximate surface area is 75.0 Å². The van der Waals surface area contributed by atoms with Gasteiger partial charge >= 0.3 is 0 Å². The fraction of sp³-hybridized carbons (Fsp3) is 0.111. The molecule has 0 spiro atoms. The topological polar surface area (TPSA) is 60.4 Å². The van der Waals surface area contributed by atoms with E-state index in [1.54, 1.807) is 16.6 Å². The molecule has 1 amide bonds. The molecule has 0 unspecified atom stereocenters. The van der Waals surface area contributed by atoms with Crippen LogP contribution >= 0.6 is 0 Å². The van der Waals surface area contributed by atoms with Crippen molar-refractivity contribution in [3.05, 3.63) is 35.7 Å². The number of amides is 1. The summed E-state index contributed by atoms with van der Waals surface area (Å²) < 4.78 is 1.55. The van der Waals surface area contributed by atoms with Gasteiger partial charge in [0.15, 0.2) is 0 Å². The summed E-state index contributed by atoms with van der Waals surface area (Å²) in [5.41, 5.74) is 7.35. The second kappa shape index (κ2) is 2.58. The first-order valence-corrected chi connectivity index (χ1v) is 3.93. The van der Waals surface area contributed by atoms with E-state index in [0.29, 0.717) is 5.69 Å². The normalized spacial score (nSPS) is 10.5. The zero-order chi connectivity index (χ0) is 9.42. The molecule has 0 radical (unpaired) electrons. The number of carbonyl (C=O) groups is 1. The first kappa shape index (κ1) is 7.79. The van der Waals surface area contributed by atoms with Crippen molar-refractivity contribution in [1.82, 2.24) is 9.61 Å². The van der Waals surface area contributed by atoms with Crippen LogP contribution in [0, 0.1) is 6.92 Å². The molecule has 66 valence electrons. The van der Waals surface area contributed by atoms with E-state index in [1.807, 2.05) is 19.1 Å². The monoisotopic (exact) mass is 175 g/mol. The Kier molecular flexibility index (Phi) is 1.55. The summed E-state index contributed by atoms with van der Waals surface area (Å²) in [6.07, 6.45) is 0. The van der Waals surface area contributed by atoms with Crippen LogP contribution < -0.4 is 5.73 Å². The number of primary amides is 1. The zero-order valence-corrected chi connectivity index (χ0v) is 7.19. The second-order valence-corrected chi connectivity index (χ2v) is 2.90. The van der Waals surface area contributed by atoms with Crippen LogP contribution in [0.25, 0.3) is 5.52 Å². The number of hydrogen-bond acceptors (Lipinski definition) is 2. The van der Waals surface area contributed by atoms with E-state index >= 15 is 0 Å². The van der Waals surface area contributed by atoms with E-state index in [-0.39, 0.29) is 0 Å². The summed E-state index contributed by atoms with van der Waals surface area (Å²) in [4.78, 5) is 11.0. The lowest BCUT2D eigenvalue weighted by Gasteiger charge is -1.98. The van der Waals surface area contributed by atoms with Crippen LogP contribution in [0.15, 0.2) is 24.3 Å². The first-order valence-electron chi connectivity index (χ1n) is 3.93. The average molecular weight is 175 g/mol. The minimum Gasteiger partial charge on any atom is -0.364 e. The number of aryl methyl sites for hydroxylation is 1. The molecule has 0 fully saturated rings. The SMILES string of the molecule is Cc1cc2cccc(C(N)=O)n2n1. The van der Waals surface area contributed by atoms with Crippen molar-refractivity contribution >= 4 is 11.4 Å². The summed E-state index contributed by atoms with van der Waals surface area (Å²) >= 11 is 0. The van der Waals surface area contributed by atoms with E-state index in [2.05, 4.69) is 5.10 Å². The molecule has 2 aromatic rings. The van der Waals surface area contributed by atoms with Gasteiger partial charge in [0.1, 0.15) is 5.69 Å². The smallest absolute Gasteiger partial charge is 0.267 e. The zero-order valence-electron chi connectivity index (χ0n) is 7.19. The molecular formula is C9H9N3O. The Morgan fingerprint density at radius 1 is 1.54 bits per heavy atom. The van der Waals surface area contributed by atoms with Gasteiger partial charge in [-0.1, -0.05) is 6.07 Å². The molecule has 2 heterocycles. The molecule has 13 heavy (non-hydrogen) atoms. The number of hydrogen-bond donors (Lipinski definition) is 1. The molecule has 0 aliphatic carbocycles. The maximum absolute atomic E-state index is 11.0. The number of fused-ring (bicyclic) bond motifs is 1. The van der Waals surface area contributed by atoms with Gasteiger partial charge < -0.3 is 5.73 Å². The van der Waals surface area contributed by atoms with Crippen molar-refractivity contribution in [1.29, 1.82) is 0 Å². The Balaban J connectivity index is 2.82. The van der Waals surface area contributed by atoms with Crippen LogP contribution in [-0.2, 0) is 0 Å². The average Bonchev–Trinajstić information content (AvgIpc) is 2.43. The third kappa shape index (κ3) is 1.16. The van der Waals surface area contributed by atoms with Gasteiger partial charge in [-0.3, -0.25) is 4.79 Å². The molecule has 0 aromatic carbocycles. The molecule has 2 aromatic heterocycles. The van der Waals surface area contributed by atoms with Gasteiger partial charge in [0.2, 0.25) is 0 Å². The first-order chi connectivity index (χ1) is 6.18. The molecule has 2 rings (SSSR count). The highest BCUT2D eigenvalue weighted by Crippen LogP contribution is 2.08. The van der Waals surface area contributed by atoms with E-state index < -0.39 is 5.91 Å². The van der Waals surface area contributed by atoms with Crippen LogP contribution in [0.5, 0.6) is 0 Å². The molecule has 4 heteroatoms. The Bertz CT molecular complexity index is 473. The largest absolute Gasteiger partial charge is 0.364 e. The Morgan fingerprint density at radius 3 is 3.00 bits per heavy atom. The van der Waals surface area contributed by atoms with Gasteiger partial charge in [0.05, 0.1) is 11.2 Å². The second-order valence-electron chi connectivity index (χ2n) is 2.90. The summed E-state index contributed by atoms with van der Waals surface area (Å²) in [7, 11) is 0. The molecule has 0 atom stereocenters. The predicted molar refractivity (Wildman–Crippen MR) is 48.4 cm³/mol. The van der Waals surface area contributed by atoms with Gasteiger partial charge in [-0.2, -0.15) is 5.10 Å². The van der Waals surface area contributed by atoms with E-state index in [9.17, 15) is 4.79 Å². The highest BCUT2D eigenvalue weighted by Gasteiger charge is 2.06. The molecule has 0 aliphatic heterocycles. The Hall–Kier alpha value is -1.84. The van der Waals surface area contributed by atoms with Gasteiger partial charge in [-0.15, -0.1) is 0 Å². The lowest BCUT2D eigenvalue weighted by Crippen LogP contribution is -2.15. The quantitative estimate of drug-likeness (QED) is 0.694. The number of nitrogens with zero attached hydrogens (tertiary/aromatic N) is 2. The third-order valence-corrected chi connectivity index (χ3v) is 1.86. The summed E-state index contributed by atoms with van der Waals surface area (Å²) in [5, 5.41) is 4.15. The Morgan fingerprint density at radius 2 is 2.31 bits per heavy atom. The number of carbonyl (C=O) groups excluding carboxylic acids is 1. The van der Waals surface area contributed by atoms with E-state index in [4.69, 9.17) is 5.73 Å². The van der Waals surface area contributed by atoms with Crippen LogP contribution in [0.1, 0.15) is 16.2 Å². The molecule has 0 aliphatic rings. The number of rotatable bonds is 1. The fourth-order valence-corrected chi connectivity index (χ4v) is 1.33. The maximum Gasteiger partial charge on any atom is 0.267 e. The predicted octanol–water partition coefficient (Wildman–Crippen LogP) is 0.742. The maximum atomic E-state index is 11.0. The molecule has 0 saturated carbocycles. The molecule has 0 saturated heterocycles. The standard InChI is InChI=1S/C9H9N3O/c1-6-5-7-3-2-4-8(9(10)13)12(7)11-6/h2-5H,1H3,(H2,10,13). The fourth-order valence-electron chi connectivity index (χ4n) is 1.33. The van der Waals surface area contributed by atoms with Crippen molar-refractivity contribution in [2.24, 2.45) is 5.73 Å². The van der Waals surface area contributed by atoms with E-state index in [1.165, 1.54) is 0 Å². The highest BCUT2D eigenvalue weighted by atomic mass is 16.1. The van der Waals surface area contributed by atoms with Gasteiger partial charge in [-0.05, 0) is 25.1 Å². The highest BCUT2D eigenvalue weighted by molar-refractivity contribution is 5.91. The lowest BCUT2D eigenvalue weighted by atomic mass is 10.3.